The highest BCUT2D eigenvalue weighted by molar-refractivity contribution is 7.98. The summed E-state index contributed by atoms with van der Waals surface area (Å²) in [4.78, 5) is 62.0. The van der Waals surface area contributed by atoms with Gasteiger partial charge < -0.3 is 43.4 Å². The van der Waals surface area contributed by atoms with E-state index in [9.17, 15) is 34.2 Å². The molecule has 218 valence electrons. The molecule has 1 aromatic rings. The zero-order valence-electron chi connectivity index (χ0n) is 22.1. The van der Waals surface area contributed by atoms with Gasteiger partial charge >= 0.3 is 5.97 Å². The van der Waals surface area contributed by atoms with Crippen molar-refractivity contribution in [2.24, 2.45) is 17.2 Å². The lowest BCUT2D eigenvalue weighted by atomic mass is 10.0. The molecule has 0 fully saturated rings. The van der Waals surface area contributed by atoms with E-state index in [1.807, 2.05) is 6.26 Å². The van der Waals surface area contributed by atoms with Crippen LogP contribution >= 0.6 is 11.8 Å². The number of hydrogen-bond acceptors (Lipinski definition) is 9. The molecule has 0 radical (unpaired) electrons. The van der Waals surface area contributed by atoms with Crippen LogP contribution in [0.15, 0.2) is 24.3 Å². The summed E-state index contributed by atoms with van der Waals surface area (Å²) in [6.45, 7) is 0.472. The Morgan fingerprint density at radius 3 is 1.97 bits per heavy atom. The predicted molar refractivity (Wildman–Crippen MR) is 148 cm³/mol. The van der Waals surface area contributed by atoms with Crippen LogP contribution in [0, 0.1) is 0 Å². The molecule has 4 amide bonds. The van der Waals surface area contributed by atoms with Crippen molar-refractivity contribution < 1.29 is 34.2 Å². The molecule has 0 aliphatic rings. The zero-order chi connectivity index (χ0) is 29.4. The van der Waals surface area contributed by atoms with Crippen LogP contribution in [0.25, 0.3) is 0 Å². The van der Waals surface area contributed by atoms with Crippen molar-refractivity contribution in [2.45, 2.75) is 69.1 Å². The zero-order valence-corrected chi connectivity index (χ0v) is 22.9. The third-order valence-corrected chi connectivity index (χ3v) is 6.50. The number of primary amides is 1. The summed E-state index contributed by atoms with van der Waals surface area (Å²) < 4.78 is 0. The van der Waals surface area contributed by atoms with Gasteiger partial charge in [0.2, 0.25) is 23.6 Å². The molecule has 0 bridgehead atoms. The second kappa shape index (κ2) is 18.0. The summed E-state index contributed by atoms with van der Waals surface area (Å²) in [5.41, 5.74) is 17.2. The van der Waals surface area contributed by atoms with E-state index < -0.39 is 53.8 Å². The lowest BCUT2D eigenvalue weighted by Gasteiger charge is -2.25. The lowest BCUT2D eigenvalue weighted by Crippen LogP contribution is -2.57. The first-order valence-corrected chi connectivity index (χ1v) is 14.0. The molecule has 0 aromatic heterocycles. The first kappa shape index (κ1) is 33.7. The summed E-state index contributed by atoms with van der Waals surface area (Å²) >= 11 is 1.45. The van der Waals surface area contributed by atoms with E-state index in [1.165, 1.54) is 36.0 Å². The van der Waals surface area contributed by atoms with E-state index in [0.717, 1.165) is 0 Å². The van der Waals surface area contributed by atoms with Crippen LogP contribution in [-0.2, 0) is 30.4 Å². The van der Waals surface area contributed by atoms with Crippen molar-refractivity contribution in [3.8, 4) is 5.75 Å². The largest absolute Gasteiger partial charge is 0.508 e. The number of thioether (sulfide) groups is 1. The molecule has 4 atom stereocenters. The minimum Gasteiger partial charge on any atom is -0.508 e. The average molecular weight is 569 g/mol. The normalized spacial score (nSPS) is 13.9. The standard InChI is InChI=1S/C25H40N6O7S/c1-39-13-11-19(29-22(34)17(27)4-2-3-12-26)24(36)30-18(9-10-21(28)33)23(35)31-20(25(37)38)14-15-5-7-16(32)8-6-15/h5-8,17-20,32H,2-4,9-14,26-27H2,1H3,(H2,28,33)(H,29,34)(H,30,36)(H,31,35)(H,37,38). The van der Waals surface area contributed by atoms with Crippen molar-refractivity contribution in [1.29, 1.82) is 0 Å². The lowest BCUT2D eigenvalue weighted by molar-refractivity contribution is -0.142. The van der Waals surface area contributed by atoms with Gasteiger partial charge in [0.15, 0.2) is 0 Å². The Bertz CT molecular complexity index is 963. The van der Waals surface area contributed by atoms with E-state index in [4.69, 9.17) is 17.2 Å². The molecule has 0 heterocycles. The number of carbonyl (C=O) groups excluding carboxylic acids is 4. The van der Waals surface area contributed by atoms with Crippen molar-refractivity contribution in [3.63, 3.8) is 0 Å². The minimum absolute atomic E-state index is 0.00326. The Morgan fingerprint density at radius 2 is 1.44 bits per heavy atom. The summed E-state index contributed by atoms with van der Waals surface area (Å²) in [7, 11) is 0. The summed E-state index contributed by atoms with van der Waals surface area (Å²) in [6, 6.07) is 1.31. The van der Waals surface area contributed by atoms with Gasteiger partial charge in [0.1, 0.15) is 23.9 Å². The van der Waals surface area contributed by atoms with E-state index >= 15 is 0 Å². The minimum atomic E-state index is -1.35. The number of aliphatic carboxylic acids is 1. The van der Waals surface area contributed by atoms with Gasteiger partial charge in [-0.15, -0.1) is 0 Å². The van der Waals surface area contributed by atoms with Crippen LogP contribution in [0.2, 0.25) is 0 Å². The summed E-state index contributed by atoms with van der Waals surface area (Å²) in [5, 5.41) is 26.6. The van der Waals surface area contributed by atoms with E-state index in [-0.39, 0.29) is 31.4 Å². The third-order valence-electron chi connectivity index (χ3n) is 5.85. The molecule has 14 heteroatoms. The summed E-state index contributed by atoms with van der Waals surface area (Å²) in [6.07, 6.45) is 3.31. The maximum absolute atomic E-state index is 13.1. The smallest absolute Gasteiger partial charge is 0.326 e. The second-order valence-electron chi connectivity index (χ2n) is 9.07. The average Bonchev–Trinajstić information content (AvgIpc) is 2.89. The molecule has 13 nitrogen and oxygen atoms in total. The quantitative estimate of drug-likeness (QED) is 0.0941. The maximum Gasteiger partial charge on any atom is 0.326 e. The SMILES string of the molecule is CSCCC(NC(=O)C(N)CCCCN)C(=O)NC(CCC(N)=O)C(=O)NC(Cc1ccc(O)cc1)C(=O)O. The van der Waals surface area contributed by atoms with Crippen molar-refractivity contribution in [2.75, 3.05) is 18.6 Å². The molecule has 0 saturated heterocycles. The number of benzene rings is 1. The van der Waals surface area contributed by atoms with E-state index in [1.54, 1.807) is 0 Å². The number of unbranched alkanes of at least 4 members (excludes halogenated alkanes) is 1. The molecule has 1 rings (SSSR count). The van der Waals surface area contributed by atoms with Gasteiger partial charge in [-0.05, 0) is 61.9 Å². The Hall–Kier alpha value is -3.36. The van der Waals surface area contributed by atoms with Crippen molar-refractivity contribution in [3.05, 3.63) is 29.8 Å². The summed E-state index contributed by atoms with van der Waals surface area (Å²) in [5.74, 6) is -3.53. The maximum atomic E-state index is 13.1. The number of carbonyl (C=O) groups is 5. The fourth-order valence-electron chi connectivity index (χ4n) is 3.59. The van der Waals surface area contributed by atoms with Gasteiger partial charge in [-0.2, -0.15) is 11.8 Å². The monoisotopic (exact) mass is 568 g/mol. The fraction of sp³-hybridized carbons (Fsp3) is 0.560. The molecule has 1 aromatic carbocycles. The molecule has 11 N–H and O–H groups in total. The fourth-order valence-corrected chi connectivity index (χ4v) is 4.06. The molecule has 39 heavy (non-hydrogen) atoms. The molecule has 4 unspecified atom stereocenters. The Labute approximate surface area is 232 Å². The number of hydrogen-bond donors (Lipinski definition) is 8. The Balaban J connectivity index is 2.99. The number of aromatic hydroxyl groups is 1. The molecular weight excluding hydrogens is 528 g/mol. The van der Waals surface area contributed by atoms with Crippen LogP contribution in [-0.4, -0.2) is 82.5 Å². The molecular formula is C25H40N6O7S. The Morgan fingerprint density at radius 1 is 0.872 bits per heavy atom. The number of phenolic OH excluding ortho intramolecular Hbond substituents is 1. The second-order valence-corrected chi connectivity index (χ2v) is 10.1. The van der Waals surface area contributed by atoms with Gasteiger partial charge in [0.25, 0.3) is 0 Å². The van der Waals surface area contributed by atoms with E-state index in [0.29, 0.717) is 37.1 Å². The van der Waals surface area contributed by atoms with Crippen LogP contribution < -0.4 is 33.2 Å². The van der Waals surface area contributed by atoms with Gasteiger partial charge in [-0.25, -0.2) is 4.79 Å². The number of carboxylic acids is 1. The Kier molecular flexibility index (Phi) is 15.6. The molecule has 0 aliphatic heterocycles. The predicted octanol–water partition coefficient (Wildman–Crippen LogP) is -1.05. The van der Waals surface area contributed by atoms with Gasteiger partial charge in [-0.3, -0.25) is 19.2 Å². The van der Waals surface area contributed by atoms with Crippen LogP contribution in [0.3, 0.4) is 0 Å². The first-order chi connectivity index (χ1) is 18.5. The van der Waals surface area contributed by atoms with Crippen LogP contribution in [0.4, 0.5) is 0 Å². The van der Waals surface area contributed by atoms with Gasteiger partial charge in [0, 0.05) is 12.8 Å². The number of rotatable bonds is 19. The topological polar surface area (TPSA) is 240 Å². The number of nitrogens with two attached hydrogens (primary N) is 3. The molecule has 0 aliphatic carbocycles. The highest BCUT2D eigenvalue weighted by atomic mass is 32.2. The number of carboxylic acid groups (broad SMARTS) is 1. The van der Waals surface area contributed by atoms with E-state index in [2.05, 4.69) is 16.0 Å². The highest BCUT2D eigenvalue weighted by Crippen LogP contribution is 2.12. The van der Waals surface area contributed by atoms with Gasteiger partial charge in [0.05, 0.1) is 6.04 Å². The van der Waals surface area contributed by atoms with Crippen molar-refractivity contribution >= 4 is 41.4 Å². The number of amides is 4. The number of phenols is 1. The van der Waals surface area contributed by atoms with Gasteiger partial charge in [-0.1, -0.05) is 18.6 Å². The van der Waals surface area contributed by atoms with Crippen LogP contribution in [0.5, 0.6) is 5.75 Å². The highest BCUT2D eigenvalue weighted by Gasteiger charge is 2.30. The molecule has 0 saturated carbocycles. The molecule has 0 spiro atoms. The number of nitrogens with one attached hydrogen (secondary N) is 3. The third kappa shape index (κ3) is 13.3. The van der Waals surface area contributed by atoms with Crippen molar-refractivity contribution in [1.82, 2.24) is 16.0 Å². The van der Waals surface area contributed by atoms with Crippen LogP contribution in [0.1, 0.15) is 44.1 Å². The first-order valence-electron chi connectivity index (χ1n) is 12.6.